The number of hydrogen-bond acceptors (Lipinski definition) is 6. The summed E-state index contributed by atoms with van der Waals surface area (Å²) in [6.07, 6.45) is 0. The van der Waals surface area contributed by atoms with Crippen LogP contribution in [-0.4, -0.2) is 38.1 Å². The minimum atomic E-state index is -0.640. The van der Waals surface area contributed by atoms with Gasteiger partial charge < -0.3 is 24.8 Å². The molecule has 8 nitrogen and oxygen atoms in total. The lowest BCUT2D eigenvalue weighted by Crippen LogP contribution is -2.21. The van der Waals surface area contributed by atoms with Crippen LogP contribution in [0.15, 0.2) is 66.7 Å². The van der Waals surface area contributed by atoms with E-state index in [-0.39, 0.29) is 18.1 Å². The van der Waals surface area contributed by atoms with Gasteiger partial charge in [0.1, 0.15) is 11.5 Å². The summed E-state index contributed by atoms with van der Waals surface area (Å²) in [6.45, 7) is 3.19. The number of nitrogens with one attached hydrogen (secondary N) is 2. The first-order chi connectivity index (χ1) is 16.3. The Labute approximate surface area is 197 Å². The lowest BCUT2D eigenvalue weighted by atomic mass is 10.1. The van der Waals surface area contributed by atoms with Crippen LogP contribution in [0.3, 0.4) is 0 Å². The van der Waals surface area contributed by atoms with Crippen molar-refractivity contribution in [2.45, 2.75) is 13.8 Å². The highest BCUT2D eigenvalue weighted by atomic mass is 16.5. The van der Waals surface area contributed by atoms with Gasteiger partial charge in [0, 0.05) is 17.4 Å². The molecule has 0 bridgehead atoms. The second-order valence-corrected chi connectivity index (χ2v) is 7.54. The molecule has 0 heterocycles. The number of ether oxygens (including phenoxy) is 3. The molecule has 3 aromatic carbocycles. The van der Waals surface area contributed by atoms with Gasteiger partial charge >= 0.3 is 5.97 Å². The number of benzene rings is 3. The topological polar surface area (TPSA) is 103 Å². The van der Waals surface area contributed by atoms with Crippen molar-refractivity contribution in [2.75, 3.05) is 31.0 Å². The highest BCUT2D eigenvalue weighted by Gasteiger charge is 2.12. The van der Waals surface area contributed by atoms with Crippen LogP contribution in [0.2, 0.25) is 0 Å². The Bertz CT molecular complexity index is 1170. The highest BCUT2D eigenvalue weighted by Crippen LogP contribution is 2.18. The SMILES string of the molecule is COc1cccc(NC(=O)COc2ccc(C(=O)OCC(=O)Nc3cc(C)ccc3C)cc2)c1. The van der Waals surface area contributed by atoms with Gasteiger partial charge in [0.05, 0.1) is 12.7 Å². The molecule has 3 rings (SSSR count). The quantitative estimate of drug-likeness (QED) is 0.464. The summed E-state index contributed by atoms with van der Waals surface area (Å²) in [5.41, 5.74) is 3.45. The van der Waals surface area contributed by atoms with Crippen LogP contribution in [0, 0.1) is 13.8 Å². The third-order valence-electron chi connectivity index (χ3n) is 4.81. The van der Waals surface area contributed by atoms with Gasteiger partial charge in [-0.2, -0.15) is 0 Å². The largest absolute Gasteiger partial charge is 0.497 e. The molecule has 8 heteroatoms. The molecule has 0 saturated heterocycles. The molecule has 0 aliphatic rings. The summed E-state index contributed by atoms with van der Waals surface area (Å²) in [5.74, 6) is -0.372. The zero-order valence-corrected chi connectivity index (χ0v) is 19.2. The molecule has 2 amide bonds. The Morgan fingerprint density at radius 3 is 2.26 bits per heavy atom. The van der Waals surface area contributed by atoms with Gasteiger partial charge in [-0.25, -0.2) is 4.79 Å². The molecule has 34 heavy (non-hydrogen) atoms. The summed E-state index contributed by atoms with van der Waals surface area (Å²) in [4.78, 5) is 36.5. The standard InChI is InChI=1S/C26H26N2O6/c1-17-7-8-18(2)23(13-17)28-25(30)16-34-26(31)19-9-11-21(12-10-19)33-15-24(29)27-20-5-4-6-22(14-20)32-3/h4-14H,15-16H2,1-3H3,(H,27,29)(H,28,30). The van der Waals surface area contributed by atoms with E-state index in [1.807, 2.05) is 32.0 Å². The number of aryl methyl sites for hydroxylation is 2. The predicted molar refractivity (Wildman–Crippen MR) is 128 cm³/mol. The monoisotopic (exact) mass is 462 g/mol. The van der Waals surface area contributed by atoms with Crippen molar-refractivity contribution in [3.05, 3.63) is 83.4 Å². The first-order valence-electron chi connectivity index (χ1n) is 10.5. The van der Waals surface area contributed by atoms with E-state index in [0.29, 0.717) is 22.9 Å². The van der Waals surface area contributed by atoms with Gasteiger partial charge in [0.15, 0.2) is 13.2 Å². The first-order valence-corrected chi connectivity index (χ1v) is 10.5. The average molecular weight is 463 g/mol. The van der Waals surface area contributed by atoms with Gasteiger partial charge in [0.25, 0.3) is 11.8 Å². The van der Waals surface area contributed by atoms with Crippen molar-refractivity contribution in [1.29, 1.82) is 0 Å². The number of methoxy groups -OCH3 is 1. The number of hydrogen-bond donors (Lipinski definition) is 2. The van der Waals surface area contributed by atoms with Gasteiger partial charge in [-0.05, 0) is 67.4 Å². The summed E-state index contributed by atoms with van der Waals surface area (Å²) in [5, 5.41) is 5.45. The van der Waals surface area contributed by atoms with E-state index in [2.05, 4.69) is 10.6 Å². The molecule has 3 aromatic rings. The molecular formula is C26H26N2O6. The normalized spacial score (nSPS) is 10.2. The Kier molecular flexibility index (Phi) is 8.23. The highest BCUT2D eigenvalue weighted by molar-refractivity contribution is 5.96. The molecule has 0 spiro atoms. The third kappa shape index (κ3) is 7.09. The van der Waals surface area contributed by atoms with Crippen LogP contribution in [0.4, 0.5) is 11.4 Å². The number of esters is 1. The molecule has 0 fully saturated rings. The fourth-order valence-corrected chi connectivity index (χ4v) is 3.01. The Balaban J connectivity index is 1.45. The van der Waals surface area contributed by atoms with Crippen LogP contribution in [0.25, 0.3) is 0 Å². The molecule has 0 aliphatic heterocycles. The molecular weight excluding hydrogens is 436 g/mol. The van der Waals surface area contributed by atoms with E-state index in [9.17, 15) is 14.4 Å². The Hall–Kier alpha value is -4.33. The van der Waals surface area contributed by atoms with Crippen LogP contribution >= 0.6 is 0 Å². The molecule has 0 aromatic heterocycles. The number of carbonyl (C=O) groups is 3. The van der Waals surface area contributed by atoms with Crippen molar-refractivity contribution in [1.82, 2.24) is 0 Å². The van der Waals surface area contributed by atoms with Crippen LogP contribution in [-0.2, 0) is 14.3 Å². The fraction of sp³-hybridized carbons (Fsp3) is 0.192. The molecule has 0 atom stereocenters. The lowest BCUT2D eigenvalue weighted by Gasteiger charge is -2.10. The number of amides is 2. The molecule has 0 aliphatic carbocycles. The number of carbonyl (C=O) groups excluding carboxylic acids is 3. The number of anilines is 2. The summed E-state index contributed by atoms with van der Waals surface area (Å²) < 4.78 is 15.7. The van der Waals surface area contributed by atoms with Crippen LogP contribution in [0.1, 0.15) is 21.5 Å². The van der Waals surface area contributed by atoms with E-state index >= 15 is 0 Å². The van der Waals surface area contributed by atoms with E-state index in [0.717, 1.165) is 11.1 Å². The average Bonchev–Trinajstić information content (AvgIpc) is 2.84. The lowest BCUT2D eigenvalue weighted by molar-refractivity contribution is -0.119. The smallest absolute Gasteiger partial charge is 0.338 e. The van der Waals surface area contributed by atoms with E-state index in [1.54, 1.807) is 43.5 Å². The maximum atomic E-state index is 12.2. The second kappa shape index (κ2) is 11.5. The number of rotatable bonds is 9. The van der Waals surface area contributed by atoms with Gasteiger partial charge in [-0.15, -0.1) is 0 Å². The van der Waals surface area contributed by atoms with E-state index < -0.39 is 18.5 Å². The minimum Gasteiger partial charge on any atom is -0.497 e. The Morgan fingerprint density at radius 1 is 0.794 bits per heavy atom. The zero-order valence-electron chi connectivity index (χ0n) is 19.2. The van der Waals surface area contributed by atoms with Crippen molar-refractivity contribution in [3.8, 4) is 11.5 Å². The maximum absolute atomic E-state index is 12.2. The van der Waals surface area contributed by atoms with Gasteiger partial charge in [-0.3, -0.25) is 9.59 Å². The molecule has 0 unspecified atom stereocenters. The molecule has 0 radical (unpaired) electrons. The molecule has 2 N–H and O–H groups in total. The van der Waals surface area contributed by atoms with Crippen LogP contribution in [0.5, 0.6) is 11.5 Å². The maximum Gasteiger partial charge on any atom is 0.338 e. The summed E-state index contributed by atoms with van der Waals surface area (Å²) in [6, 6.07) is 18.8. The van der Waals surface area contributed by atoms with Crippen molar-refractivity contribution in [3.63, 3.8) is 0 Å². The van der Waals surface area contributed by atoms with Crippen molar-refractivity contribution in [2.24, 2.45) is 0 Å². The van der Waals surface area contributed by atoms with Gasteiger partial charge in [-0.1, -0.05) is 18.2 Å². The fourth-order valence-electron chi connectivity index (χ4n) is 3.01. The zero-order chi connectivity index (χ0) is 24.5. The summed E-state index contributed by atoms with van der Waals surface area (Å²) >= 11 is 0. The van der Waals surface area contributed by atoms with Crippen molar-refractivity contribution < 1.29 is 28.6 Å². The molecule has 176 valence electrons. The third-order valence-corrected chi connectivity index (χ3v) is 4.81. The van der Waals surface area contributed by atoms with Crippen LogP contribution < -0.4 is 20.1 Å². The second-order valence-electron chi connectivity index (χ2n) is 7.54. The molecule has 0 saturated carbocycles. The first kappa shape index (κ1) is 24.3. The van der Waals surface area contributed by atoms with E-state index in [4.69, 9.17) is 14.2 Å². The minimum absolute atomic E-state index is 0.209. The van der Waals surface area contributed by atoms with Gasteiger partial charge in [0.2, 0.25) is 0 Å². The summed E-state index contributed by atoms with van der Waals surface area (Å²) in [7, 11) is 1.55. The predicted octanol–water partition coefficient (Wildman–Crippen LogP) is 4.13. The van der Waals surface area contributed by atoms with Crippen molar-refractivity contribution >= 4 is 29.2 Å². The Morgan fingerprint density at radius 2 is 1.53 bits per heavy atom. The van der Waals surface area contributed by atoms with E-state index in [1.165, 1.54) is 12.1 Å².